The van der Waals surface area contributed by atoms with Crippen molar-refractivity contribution >= 4 is 29.1 Å². The first-order chi connectivity index (χ1) is 17.3. The van der Waals surface area contributed by atoms with Gasteiger partial charge in [0.2, 0.25) is 11.8 Å². The Balaban J connectivity index is 2.02. The topological polar surface area (TPSA) is 92.6 Å². The molecule has 1 N–H and O–H groups in total. The van der Waals surface area contributed by atoms with Crippen molar-refractivity contribution in [3.8, 4) is 0 Å². The molecule has 0 bridgehead atoms. The van der Waals surface area contributed by atoms with E-state index in [1.54, 1.807) is 36.4 Å². The van der Waals surface area contributed by atoms with Crippen LogP contribution in [0.3, 0.4) is 0 Å². The summed E-state index contributed by atoms with van der Waals surface area (Å²) in [6.45, 7) is 4.01. The Kier molecular flexibility index (Phi) is 9.59. The highest BCUT2D eigenvalue weighted by Gasteiger charge is 2.32. The summed E-state index contributed by atoms with van der Waals surface area (Å²) >= 11 is 6.20. The third-order valence-electron chi connectivity index (χ3n) is 6.04. The Morgan fingerprint density at radius 2 is 1.67 bits per heavy atom. The number of rotatable bonds is 11. The molecular weight excluding hydrogens is 478 g/mol. The number of halogens is 1. The summed E-state index contributed by atoms with van der Waals surface area (Å²) in [4.78, 5) is 39.8. The highest BCUT2D eigenvalue weighted by atomic mass is 35.5. The minimum absolute atomic E-state index is 0.0749. The van der Waals surface area contributed by atoms with Crippen LogP contribution >= 0.6 is 11.6 Å². The van der Waals surface area contributed by atoms with E-state index in [0.717, 1.165) is 17.5 Å². The van der Waals surface area contributed by atoms with E-state index in [4.69, 9.17) is 11.6 Å². The van der Waals surface area contributed by atoms with Crippen LogP contribution < -0.4 is 5.32 Å². The van der Waals surface area contributed by atoms with E-state index in [1.165, 1.54) is 11.0 Å². The number of nitrogens with one attached hydrogen (secondary N) is 1. The van der Waals surface area contributed by atoms with E-state index >= 15 is 0 Å². The molecule has 7 nitrogen and oxygen atoms in total. The van der Waals surface area contributed by atoms with Crippen molar-refractivity contribution in [2.24, 2.45) is 0 Å². The largest absolute Gasteiger partial charge is 0.352 e. The maximum atomic E-state index is 13.8. The zero-order valence-electron chi connectivity index (χ0n) is 20.4. The molecule has 0 radical (unpaired) electrons. The third kappa shape index (κ3) is 7.39. The SMILES string of the molecule is CC[C@H](C)NC(=O)[C@H](Cc1ccccc1)N(Cc1cccc(Cl)c1)C(=O)Cc1ccccc1[N+](=O)[O-]. The molecule has 0 aliphatic carbocycles. The van der Waals surface area contributed by atoms with E-state index in [1.807, 2.05) is 50.2 Å². The molecule has 8 heteroatoms. The van der Waals surface area contributed by atoms with Crippen LogP contribution in [-0.2, 0) is 29.0 Å². The number of hydrogen-bond acceptors (Lipinski definition) is 4. The molecule has 36 heavy (non-hydrogen) atoms. The van der Waals surface area contributed by atoms with Crippen LogP contribution in [-0.4, -0.2) is 33.7 Å². The number of para-hydroxylation sites is 1. The van der Waals surface area contributed by atoms with Crippen molar-refractivity contribution in [3.63, 3.8) is 0 Å². The minimum atomic E-state index is -0.823. The van der Waals surface area contributed by atoms with Gasteiger partial charge in [-0.05, 0) is 36.6 Å². The maximum Gasteiger partial charge on any atom is 0.273 e. The second-order valence-corrected chi connectivity index (χ2v) is 9.17. The Bertz CT molecular complexity index is 1200. The first-order valence-corrected chi connectivity index (χ1v) is 12.3. The Morgan fingerprint density at radius 3 is 2.33 bits per heavy atom. The second-order valence-electron chi connectivity index (χ2n) is 8.74. The lowest BCUT2D eigenvalue weighted by Crippen LogP contribution is -2.52. The molecule has 2 atom stereocenters. The molecule has 0 spiro atoms. The van der Waals surface area contributed by atoms with Gasteiger partial charge in [0.1, 0.15) is 6.04 Å². The van der Waals surface area contributed by atoms with Crippen molar-refractivity contribution in [3.05, 3.63) is 111 Å². The maximum absolute atomic E-state index is 13.8. The van der Waals surface area contributed by atoms with E-state index in [9.17, 15) is 19.7 Å². The number of amides is 2. The molecule has 0 aliphatic heterocycles. The molecular formula is C28H30ClN3O4. The van der Waals surface area contributed by atoms with Gasteiger partial charge < -0.3 is 10.2 Å². The van der Waals surface area contributed by atoms with E-state index < -0.39 is 11.0 Å². The Morgan fingerprint density at radius 1 is 1.00 bits per heavy atom. The summed E-state index contributed by atoms with van der Waals surface area (Å²) in [5, 5.41) is 15.1. The van der Waals surface area contributed by atoms with Crippen LogP contribution in [0, 0.1) is 10.1 Å². The fourth-order valence-electron chi connectivity index (χ4n) is 3.93. The van der Waals surface area contributed by atoms with Crippen LogP contribution in [0.1, 0.15) is 37.0 Å². The Labute approximate surface area is 216 Å². The average molecular weight is 508 g/mol. The lowest BCUT2D eigenvalue weighted by molar-refractivity contribution is -0.385. The molecule has 0 fully saturated rings. The van der Waals surface area contributed by atoms with Gasteiger partial charge in [-0.2, -0.15) is 0 Å². The van der Waals surface area contributed by atoms with Gasteiger partial charge in [-0.25, -0.2) is 0 Å². The molecule has 3 rings (SSSR count). The number of nitrogens with zero attached hydrogens (tertiary/aromatic N) is 2. The number of benzene rings is 3. The molecule has 0 saturated carbocycles. The second kappa shape index (κ2) is 12.8. The molecule has 0 aliphatic rings. The highest BCUT2D eigenvalue weighted by Crippen LogP contribution is 2.22. The Hall–Kier alpha value is -3.71. The van der Waals surface area contributed by atoms with Crippen LogP contribution in [0.15, 0.2) is 78.9 Å². The summed E-state index contributed by atoms with van der Waals surface area (Å²) in [6.07, 6.45) is 0.828. The van der Waals surface area contributed by atoms with Gasteiger partial charge in [-0.15, -0.1) is 0 Å². The summed E-state index contributed by atoms with van der Waals surface area (Å²) in [5.74, 6) is -0.657. The fourth-order valence-corrected chi connectivity index (χ4v) is 4.14. The lowest BCUT2D eigenvalue weighted by Gasteiger charge is -2.32. The summed E-state index contributed by atoms with van der Waals surface area (Å²) in [5.41, 5.74) is 1.82. The lowest BCUT2D eigenvalue weighted by atomic mass is 10.0. The standard InChI is InChI=1S/C28H30ClN3O4/c1-3-20(2)30-28(34)26(17-21-10-5-4-6-11-21)31(19-22-12-9-14-24(29)16-22)27(33)18-23-13-7-8-15-25(23)32(35)36/h4-16,20,26H,3,17-19H2,1-2H3,(H,30,34)/t20-,26-/m0/s1. The van der Waals surface area contributed by atoms with E-state index in [0.29, 0.717) is 17.0 Å². The van der Waals surface area contributed by atoms with E-state index in [2.05, 4.69) is 5.32 Å². The number of carbonyl (C=O) groups excluding carboxylic acids is 2. The average Bonchev–Trinajstić information content (AvgIpc) is 2.86. The predicted molar refractivity (Wildman–Crippen MR) is 141 cm³/mol. The fraction of sp³-hybridized carbons (Fsp3) is 0.286. The number of hydrogen-bond donors (Lipinski definition) is 1. The number of nitro groups is 1. The zero-order chi connectivity index (χ0) is 26.1. The monoisotopic (exact) mass is 507 g/mol. The van der Waals surface area contributed by atoms with Crippen molar-refractivity contribution in [1.82, 2.24) is 10.2 Å². The first-order valence-electron chi connectivity index (χ1n) is 11.9. The van der Waals surface area contributed by atoms with Crippen LogP contribution in [0.2, 0.25) is 5.02 Å². The third-order valence-corrected chi connectivity index (χ3v) is 6.28. The molecule has 2 amide bonds. The van der Waals surface area contributed by atoms with Gasteiger partial charge in [0, 0.05) is 35.7 Å². The van der Waals surface area contributed by atoms with Gasteiger partial charge in [-0.1, -0.05) is 79.2 Å². The van der Waals surface area contributed by atoms with Crippen molar-refractivity contribution in [2.75, 3.05) is 0 Å². The summed E-state index contributed by atoms with van der Waals surface area (Å²) < 4.78 is 0. The number of nitro benzene ring substituents is 1. The molecule has 0 saturated heterocycles. The van der Waals surface area contributed by atoms with Crippen molar-refractivity contribution < 1.29 is 14.5 Å². The zero-order valence-corrected chi connectivity index (χ0v) is 21.1. The van der Waals surface area contributed by atoms with Gasteiger partial charge >= 0.3 is 0 Å². The molecule has 3 aromatic carbocycles. The molecule has 0 aromatic heterocycles. The molecule has 0 unspecified atom stereocenters. The van der Waals surface area contributed by atoms with Crippen molar-refractivity contribution in [1.29, 1.82) is 0 Å². The van der Waals surface area contributed by atoms with Gasteiger partial charge in [-0.3, -0.25) is 19.7 Å². The van der Waals surface area contributed by atoms with Gasteiger partial charge in [0.05, 0.1) is 11.3 Å². The quantitative estimate of drug-likeness (QED) is 0.280. The number of carbonyl (C=O) groups is 2. The highest BCUT2D eigenvalue weighted by molar-refractivity contribution is 6.30. The minimum Gasteiger partial charge on any atom is -0.352 e. The normalized spacial score (nSPS) is 12.4. The van der Waals surface area contributed by atoms with Crippen LogP contribution in [0.5, 0.6) is 0 Å². The van der Waals surface area contributed by atoms with Crippen LogP contribution in [0.4, 0.5) is 5.69 Å². The van der Waals surface area contributed by atoms with Crippen LogP contribution in [0.25, 0.3) is 0 Å². The molecule has 188 valence electrons. The molecule has 0 heterocycles. The summed E-state index contributed by atoms with van der Waals surface area (Å²) in [6, 6.07) is 21.9. The van der Waals surface area contributed by atoms with Crippen molar-refractivity contribution in [2.45, 2.75) is 51.7 Å². The van der Waals surface area contributed by atoms with Gasteiger partial charge in [0.15, 0.2) is 0 Å². The summed E-state index contributed by atoms with van der Waals surface area (Å²) in [7, 11) is 0. The van der Waals surface area contributed by atoms with E-state index in [-0.39, 0.29) is 36.5 Å². The van der Waals surface area contributed by atoms with Gasteiger partial charge in [0.25, 0.3) is 5.69 Å². The smallest absolute Gasteiger partial charge is 0.273 e. The first kappa shape index (κ1) is 26.9. The molecule has 3 aromatic rings. The predicted octanol–water partition coefficient (Wildman–Crippen LogP) is 5.35.